The predicted molar refractivity (Wildman–Crippen MR) is 115 cm³/mol. The molecule has 4 rings (SSSR count). The highest BCUT2D eigenvalue weighted by atomic mass is 16.5. The van der Waals surface area contributed by atoms with Gasteiger partial charge < -0.3 is 24.2 Å². The Labute approximate surface area is 177 Å². The SMILES string of the molecule is Cc1cccc(OCC(=O)N2CCN(c3nc(C)cc(N4CCOCC4)n3)CC2)c1. The molecule has 0 atom stereocenters. The Kier molecular flexibility index (Phi) is 6.32. The average Bonchev–Trinajstić information content (AvgIpc) is 2.78. The number of piperazine rings is 1. The molecule has 8 nitrogen and oxygen atoms in total. The van der Waals surface area contributed by atoms with E-state index in [-0.39, 0.29) is 12.5 Å². The van der Waals surface area contributed by atoms with Gasteiger partial charge in [-0.2, -0.15) is 4.98 Å². The molecule has 0 saturated carbocycles. The molecule has 3 heterocycles. The van der Waals surface area contributed by atoms with Crippen molar-refractivity contribution in [2.24, 2.45) is 0 Å². The van der Waals surface area contributed by atoms with Gasteiger partial charge in [0.15, 0.2) is 6.61 Å². The molecule has 0 bridgehead atoms. The fraction of sp³-hybridized carbons (Fsp3) is 0.500. The van der Waals surface area contributed by atoms with Crippen molar-refractivity contribution in [3.8, 4) is 5.75 Å². The van der Waals surface area contributed by atoms with E-state index in [1.165, 1.54) is 0 Å². The molecule has 0 unspecified atom stereocenters. The van der Waals surface area contributed by atoms with Crippen LogP contribution in [-0.2, 0) is 9.53 Å². The van der Waals surface area contributed by atoms with Crippen molar-refractivity contribution in [3.63, 3.8) is 0 Å². The molecule has 0 N–H and O–H groups in total. The van der Waals surface area contributed by atoms with Gasteiger partial charge in [-0.15, -0.1) is 0 Å². The molecule has 0 radical (unpaired) electrons. The van der Waals surface area contributed by atoms with E-state index in [1.54, 1.807) is 0 Å². The van der Waals surface area contributed by atoms with Crippen molar-refractivity contribution < 1.29 is 14.3 Å². The second-order valence-electron chi connectivity index (χ2n) is 7.74. The van der Waals surface area contributed by atoms with E-state index in [9.17, 15) is 4.79 Å². The molecule has 2 aliphatic rings. The van der Waals surface area contributed by atoms with Gasteiger partial charge in [0, 0.05) is 51.0 Å². The summed E-state index contributed by atoms with van der Waals surface area (Å²) in [6.45, 7) is 9.91. The summed E-state index contributed by atoms with van der Waals surface area (Å²) in [5.41, 5.74) is 2.06. The second kappa shape index (κ2) is 9.30. The second-order valence-corrected chi connectivity index (χ2v) is 7.74. The maximum absolute atomic E-state index is 12.5. The minimum Gasteiger partial charge on any atom is -0.484 e. The molecule has 1 amide bonds. The number of carbonyl (C=O) groups is 1. The van der Waals surface area contributed by atoms with E-state index >= 15 is 0 Å². The first-order valence-corrected chi connectivity index (χ1v) is 10.5. The van der Waals surface area contributed by atoms with Gasteiger partial charge in [0.05, 0.1) is 13.2 Å². The zero-order chi connectivity index (χ0) is 20.9. The Balaban J connectivity index is 1.32. The number of aryl methyl sites for hydroxylation is 2. The third-order valence-electron chi connectivity index (χ3n) is 5.43. The molecule has 2 saturated heterocycles. The summed E-state index contributed by atoms with van der Waals surface area (Å²) < 4.78 is 11.1. The van der Waals surface area contributed by atoms with Gasteiger partial charge in [-0.05, 0) is 31.5 Å². The van der Waals surface area contributed by atoms with Gasteiger partial charge in [-0.1, -0.05) is 12.1 Å². The van der Waals surface area contributed by atoms with Crippen LogP contribution in [0, 0.1) is 13.8 Å². The number of benzene rings is 1. The summed E-state index contributed by atoms with van der Waals surface area (Å²) in [4.78, 5) is 28.2. The van der Waals surface area contributed by atoms with Crippen LogP contribution in [-0.4, -0.2) is 79.9 Å². The molecule has 0 spiro atoms. The first-order valence-electron chi connectivity index (χ1n) is 10.5. The van der Waals surface area contributed by atoms with Crippen LogP contribution in [0.2, 0.25) is 0 Å². The monoisotopic (exact) mass is 411 g/mol. The highest BCUT2D eigenvalue weighted by Crippen LogP contribution is 2.20. The molecular weight excluding hydrogens is 382 g/mol. The van der Waals surface area contributed by atoms with E-state index in [2.05, 4.69) is 14.8 Å². The first-order chi connectivity index (χ1) is 14.6. The van der Waals surface area contributed by atoms with Crippen LogP contribution in [0.5, 0.6) is 5.75 Å². The van der Waals surface area contributed by atoms with Crippen molar-refractivity contribution >= 4 is 17.7 Å². The van der Waals surface area contributed by atoms with Gasteiger partial charge in [0.2, 0.25) is 5.95 Å². The summed E-state index contributed by atoms with van der Waals surface area (Å²) in [7, 11) is 0. The zero-order valence-electron chi connectivity index (χ0n) is 17.7. The predicted octanol–water partition coefficient (Wildman–Crippen LogP) is 1.66. The zero-order valence-corrected chi connectivity index (χ0v) is 17.7. The number of rotatable bonds is 5. The van der Waals surface area contributed by atoms with Crippen LogP contribution in [0.15, 0.2) is 30.3 Å². The molecule has 1 aromatic heterocycles. The summed E-state index contributed by atoms with van der Waals surface area (Å²) >= 11 is 0. The van der Waals surface area contributed by atoms with Crippen molar-refractivity contribution in [3.05, 3.63) is 41.6 Å². The van der Waals surface area contributed by atoms with Gasteiger partial charge in [-0.3, -0.25) is 4.79 Å². The number of hydrogen-bond donors (Lipinski definition) is 0. The summed E-state index contributed by atoms with van der Waals surface area (Å²) in [6.07, 6.45) is 0. The number of aromatic nitrogens is 2. The van der Waals surface area contributed by atoms with E-state index in [4.69, 9.17) is 14.5 Å². The molecule has 2 fully saturated rings. The van der Waals surface area contributed by atoms with Crippen LogP contribution >= 0.6 is 0 Å². The molecule has 160 valence electrons. The molecule has 30 heavy (non-hydrogen) atoms. The van der Waals surface area contributed by atoms with Crippen molar-refractivity contribution in [1.29, 1.82) is 0 Å². The lowest BCUT2D eigenvalue weighted by molar-refractivity contribution is -0.133. The number of anilines is 2. The Morgan fingerprint density at radius 3 is 2.50 bits per heavy atom. The first kappa shape index (κ1) is 20.4. The number of morpholine rings is 1. The Hall–Kier alpha value is -2.87. The van der Waals surface area contributed by atoms with Crippen LogP contribution in [0.4, 0.5) is 11.8 Å². The molecule has 2 aliphatic heterocycles. The highest BCUT2D eigenvalue weighted by molar-refractivity contribution is 5.78. The van der Waals surface area contributed by atoms with Crippen molar-refractivity contribution in [2.45, 2.75) is 13.8 Å². The Morgan fingerprint density at radius 1 is 1.00 bits per heavy atom. The van der Waals surface area contributed by atoms with Crippen molar-refractivity contribution in [2.75, 3.05) is 68.9 Å². The van der Waals surface area contributed by atoms with Gasteiger partial charge in [-0.25, -0.2) is 4.98 Å². The average molecular weight is 412 g/mol. The summed E-state index contributed by atoms with van der Waals surface area (Å²) in [6, 6.07) is 9.77. The number of nitrogens with zero attached hydrogens (tertiary/aromatic N) is 5. The van der Waals surface area contributed by atoms with Crippen LogP contribution < -0.4 is 14.5 Å². The lowest BCUT2D eigenvalue weighted by Crippen LogP contribution is -2.50. The van der Waals surface area contributed by atoms with Crippen LogP contribution in [0.1, 0.15) is 11.3 Å². The van der Waals surface area contributed by atoms with E-state index < -0.39 is 0 Å². The normalized spacial score (nSPS) is 17.2. The topological polar surface area (TPSA) is 71.0 Å². The summed E-state index contributed by atoms with van der Waals surface area (Å²) in [5.74, 6) is 2.42. The van der Waals surface area contributed by atoms with Crippen LogP contribution in [0.3, 0.4) is 0 Å². The third kappa shape index (κ3) is 4.99. The summed E-state index contributed by atoms with van der Waals surface area (Å²) in [5, 5.41) is 0. The van der Waals surface area contributed by atoms with Gasteiger partial charge >= 0.3 is 0 Å². The Morgan fingerprint density at radius 2 is 1.77 bits per heavy atom. The lowest BCUT2D eigenvalue weighted by Gasteiger charge is -2.35. The smallest absolute Gasteiger partial charge is 0.260 e. The lowest BCUT2D eigenvalue weighted by atomic mass is 10.2. The number of hydrogen-bond acceptors (Lipinski definition) is 7. The largest absolute Gasteiger partial charge is 0.484 e. The van der Waals surface area contributed by atoms with E-state index in [1.807, 2.05) is 49.1 Å². The molecule has 8 heteroatoms. The minimum absolute atomic E-state index is 0.00956. The van der Waals surface area contributed by atoms with E-state index in [0.29, 0.717) is 26.2 Å². The van der Waals surface area contributed by atoms with Crippen LogP contribution in [0.25, 0.3) is 0 Å². The third-order valence-corrected chi connectivity index (χ3v) is 5.43. The molecule has 1 aromatic carbocycles. The molecular formula is C22H29N5O3. The fourth-order valence-corrected chi connectivity index (χ4v) is 3.73. The Bertz CT molecular complexity index is 877. The van der Waals surface area contributed by atoms with Gasteiger partial charge in [0.1, 0.15) is 11.6 Å². The number of amides is 1. The molecule has 2 aromatic rings. The fourth-order valence-electron chi connectivity index (χ4n) is 3.73. The van der Waals surface area contributed by atoms with Gasteiger partial charge in [0.25, 0.3) is 5.91 Å². The number of ether oxygens (including phenoxy) is 2. The van der Waals surface area contributed by atoms with Crippen molar-refractivity contribution in [1.82, 2.24) is 14.9 Å². The molecule has 0 aliphatic carbocycles. The highest BCUT2D eigenvalue weighted by Gasteiger charge is 2.24. The number of carbonyl (C=O) groups excluding carboxylic acids is 1. The van der Waals surface area contributed by atoms with E-state index in [0.717, 1.165) is 55.1 Å². The maximum Gasteiger partial charge on any atom is 0.260 e. The standard InChI is InChI=1S/C22H29N5O3/c1-17-4-3-5-19(14-17)30-16-21(28)26-6-8-27(9-7-26)22-23-18(2)15-20(24-22)25-10-12-29-13-11-25/h3-5,14-15H,6-13,16H2,1-2H3. The minimum atomic E-state index is 0.00956. The maximum atomic E-state index is 12.5. The quantitative estimate of drug-likeness (QED) is 0.741.